The lowest BCUT2D eigenvalue weighted by molar-refractivity contribution is 0.408. The van der Waals surface area contributed by atoms with E-state index in [1.807, 2.05) is 6.07 Å². The minimum absolute atomic E-state index is 0.201. The van der Waals surface area contributed by atoms with Crippen LogP contribution in [-0.2, 0) is 11.8 Å². The largest absolute Gasteiger partial charge is 0.495 e. The highest BCUT2D eigenvalue weighted by Gasteiger charge is 2.13. The van der Waals surface area contributed by atoms with Crippen LogP contribution in [0.15, 0.2) is 42.7 Å². The fourth-order valence-electron chi connectivity index (χ4n) is 2.08. The molecule has 100 valence electrons. The number of rotatable bonds is 3. The first kappa shape index (κ1) is 13.6. The van der Waals surface area contributed by atoms with E-state index in [1.165, 1.54) is 16.7 Å². The van der Waals surface area contributed by atoms with Gasteiger partial charge in [-0.3, -0.25) is 4.98 Å². The number of benzene rings is 1. The number of hydrogen-bond donors (Lipinski definition) is 0. The third-order valence-corrected chi connectivity index (χ3v) is 3.30. The SMILES string of the molecule is COc1cnccc1Cc1ccc(C(C)(C)C)cc1. The molecular formula is C17H21NO. The summed E-state index contributed by atoms with van der Waals surface area (Å²) < 4.78 is 5.33. The van der Waals surface area contributed by atoms with Crippen molar-refractivity contribution in [3.05, 3.63) is 59.4 Å². The standard InChI is InChI=1S/C17H21NO/c1-17(2,3)15-7-5-13(6-8-15)11-14-9-10-18-12-16(14)19-4/h5-10,12H,11H2,1-4H3. The molecule has 0 bridgehead atoms. The van der Waals surface area contributed by atoms with Crippen molar-refractivity contribution in [2.45, 2.75) is 32.6 Å². The molecule has 2 heteroatoms. The predicted octanol–water partition coefficient (Wildman–Crippen LogP) is 3.98. The first-order valence-electron chi connectivity index (χ1n) is 6.57. The zero-order valence-corrected chi connectivity index (χ0v) is 12.1. The highest BCUT2D eigenvalue weighted by atomic mass is 16.5. The Morgan fingerprint density at radius 2 is 1.74 bits per heavy atom. The van der Waals surface area contributed by atoms with Gasteiger partial charge in [-0.1, -0.05) is 45.0 Å². The van der Waals surface area contributed by atoms with Gasteiger partial charge >= 0.3 is 0 Å². The average Bonchev–Trinajstić information content (AvgIpc) is 2.39. The van der Waals surface area contributed by atoms with Gasteiger partial charge in [0.1, 0.15) is 5.75 Å². The number of nitrogens with zero attached hydrogens (tertiary/aromatic N) is 1. The summed E-state index contributed by atoms with van der Waals surface area (Å²) in [4.78, 5) is 4.08. The molecule has 19 heavy (non-hydrogen) atoms. The molecule has 2 nitrogen and oxygen atoms in total. The molecule has 0 N–H and O–H groups in total. The topological polar surface area (TPSA) is 22.1 Å². The van der Waals surface area contributed by atoms with Crippen molar-refractivity contribution in [3.63, 3.8) is 0 Å². The summed E-state index contributed by atoms with van der Waals surface area (Å²) in [7, 11) is 1.68. The molecule has 1 aromatic carbocycles. The van der Waals surface area contributed by atoms with Crippen molar-refractivity contribution in [2.24, 2.45) is 0 Å². The van der Waals surface area contributed by atoms with E-state index < -0.39 is 0 Å². The van der Waals surface area contributed by atoms with Crippen molar-refractivity contribution in [3.8, 4) is 5.75 Å². The van der Waals surface area contributed by atoms with Gasteiger partial charge in [0.25, 0.3) is 0 Å². The number of pyridine rings is 1. The number of hydrogen-bond acceptors (Lipinski definition) is 2. The molecule has 0 amide bonds. The lowest BCUT2D eigenvalue weighted by atomic mass is 9.86. The van der Waals surface area contributed by atoms with Crippen molar-refractivity contribution < 1.29 is 4.74 Å². The molecule has 2 rings (SSSR count). The lowest BCUT2D eigenvalue weighted by Gasteiger charge is -2.19. The fourth-order valence-corrected chi connectivity index (χ4v) is 2.08. The summed E-state index contributed by atoms with van der Waals surface area (Å²) in [5.41, 5.74) is 4.02. The Bertz CT molecular complexity index is 538. The van der Waals surface area contributed by atoms with Crippen molar-refractivity contribution in [2.75, 3.05) is 7.11 Å². The zero-order valence-electron chi connectivity index (χ0n) is 12.1. The highest BCUT2D eigenvalue weighted by Crippen LogP contribution is 2.24. The third-order valence-electron chi connectivity index (χ3n) is 3.30. The lowest BCUT2D eigenvalue weighted by Crippen LogP contribution is -2.10. The Kier molecular flexibility index (Phi) is 3.89. The van der Waals surface area contributed by atoms with Gasteiger partial charge in [0.15, 0.2) is 0 Å². The normalized spacial score (nSPS) is 11.4. The van der Waals surface area contributed by atoms with Gasteiger partial charge < -0.3 is 4.74 Å². The van der Waals surface area contributed by atoms with Gasteiger partial charge in [0.2, 0.25) is 0 Å². The van der Waals surface area contributed by atoms with Crippen LogP contribution in [0.25, 0.3) is 0 Å². The molecule has 0 fully saturated rings. The van der Waals surface area contributed by atoms with E-state index in [4.69, 9.17) is 4.74 Å². The molecule has 0 saturated carbocycles. The molecule has 2 aromatic rings. The molecule has 1 heterocycles. The summed E-state index contributed by atoms with van der Waals surface area (Å²) in [5.74, 6) is 0.849. The second-order valence-corrected chi connectivity index (χ2v) is 5.81. The van der Waals surface area contributed by atoms with Gasteiger partial charge in [-0.05, 0) is 22.6 Å². The van der Waals surface area contributed by atoms with Crippen LogP contribution in [0, 0.1) is 0 Å². The maximum absolute atomic E-state index is 5.33. The van der Waals surface area contributed by atoms with Crippen molar-refractivity contribution in [1.82, 2.24) is 4.98 Å². The van der Waals surface area contributed by atoms with E-state index in [9.17, 15) is 0 Å². The zero-order chi connectivity index (χ0) is 13.9. The van der Waals surface area contributed by atoms with Gasteiger partial charge in [0.05, 0.1) is 13.3 Å². The number of aromatic nitrogens is 1. The van der Waals surface area contributed by atoms with E-state index >= 15 is 0 Å². The summed E-state index contributed by atoms with van der Waals surface area (Å²) in [5, 5.41) is 0. The minimum Gasteiger partial charge on any atom is -0.495 e. The van der Waals surface area contributed by atoms with Crippen LogP contribution in [0.4, 0.5) is 0 Å². The summed E-state index contributed by atoms with van der Waals surface area (Å²) >= 11 is 0. The van der Waals surface area contributed by atoms with E-state index in [1.54, 1.807) is 19.5 Å². The van der Waals surface area contributed by atoms with E-state index in [0.717, 1.165) is 12.2 Å². The van der Waals surface area contributed by atoms with Gasteiger partial charge in [-0.25, -0.2) is 0 Å². The molecule has 0 atom stereocenters. The molecule has 0 aliphatic rings. The molecule has 0 aliphatic heterocycles. The Morgan fingerprint density at radius 3 is 2.32 bits per heavy atom. The summed E-state index contributed by atoms with van der Waals surface area (Å²) in [6, 6.07) is 10.8. The summed E-state index contributed by atoms with van der Waals surface area (Å²) in [6.45, 7) is 6.69. The summed E-state index contributed by atoms with van der Waals surface area (Å²) in [6.07, 6.45) is 4.44. The first-order valence-corrected chi connectivity index (χ1v) is 6.57. The second kappa shape index (κ2) is 5.43. The predicted molar refractivity (Wildman–Crippen MR) is 78.7 cm³/mol. The van der Waals surface area contributed by atoms with Crippen LogP contribution >= 0.6 is 0 Å². The number of ether oxygens (including phenoxy) is 1. The van der Waals surface area contributed by atoms with Crippen LogP contribution in [0.5, 0.6) is 5.75 Å². The highest BCUT2D eigenvalue weighted by molar-refractivity contribution is 5.36. The Labute approximate surface area is 115 Å². The quantitative estimate of drug-likeness (QED) is 0.827. The van der Waals surface area contributed by atoms with Crippen LogP contribution < -0.4 is 4.74 Å². The molecule has 0 unspecified atom stereocenters. The van der Waals surface area contributed by atoms with Gasteiger partial charge in [-0.2, -0.15) is 0 Å². The maximum Gasteiger partial charge on any atom is 0.140 e. The molecule has 0 aliphatic carbocycles. The van der Waals surface area contributed by atoms with Crippen molar-refractivity contribution >= 4 is 0 Å². The Balaban J connectivity index is 2.20. The van der Waals surface area contributed by atoms with Gasteiger partial charge in [0, 0.05) is 18.2 Å². The average molecular weight is 255 g/mol. The molecule has 0 spiro atoms. The van der Waals surface area contributed by atoms with Crippen LogP contribution in [-0.4, -0.2) is 12.1 Å². The van der Waals surface area contributed by atoms with E-state index in [2.05, 4.69) is 50.0 Å². The van der Waals surface area contributed by atoms with E-state index in [0.29, 0.717) is 0 Å². The Morgan fingerprint density at radius 1 is 1.05 bits per heavy atom. The maximum atomic E-state index is 5.33. The van der Waals surface area contributed by atoms with Crippen LogP contribution in [0.1, 0.15) is 37.5 Å². The fraction of sp³-hybridized carbons (Fsp3) is 0.353. The number of methoxy groups -OCH3 is 1. The Hall–Kier alpha value is -1.83. The van der Waals surface area contributed by atoms with Crippen LogP contribution in [0.3, 0.4) is 0 Å². The minimum atomic E-state index is 0.201. The molecule has 0 saturated heterocycles. The first-order chi connectivity index (χ1) is 9.00. The monoisotopic (exact) mass is 255 g/mol. The molecule has 0 radical (unpaired) electrons. The molecular weight excluding hydrogens is 234 g/mol. The second-order valence-electron chi connectivity index (χ2n) is 5.81. The van der Waals surface area contributed by atoms with Gasteiger partial charge in [-0.15, -0.1) is 0 Å². The van der Waals surface area contributed by atoms with E-state index in [-0.39, 0.29) is 5.41 Å². The van der Waals surface area contributed by atoms with Crippen molar-refractivity contribution in [1.29, 1.82) is 0 Å². The van der Waals surface area contributed by atoms with Crippen LogP contribution in [0.2, 0.25) is 0 Å². The third kappa shape index (κ3) is 3.34. The molecule has 1 aromatic heterocycles. The smallest absolute Gasteiger partial charge is 0.140 e.